The number of carboxylic acids is 1. The topological polar surface area (TPSA) is 152 Å². The Morgan fingerprint density at radius 1 is 1.27 bits per heavy atom. The van der Waals surface area contributed by atoms with Crippen molar-refractivity contribution in [3.63, 3.8) is 0 Å². The molecule has 4 rings (SSSR count). The van der Waals surface area contributed by atoms with E-state index in [2.05, 4.69) is 4.98 Å². The van der Waals surface area contributed by atoms with E-state index in [0.717, 1.165) is 22.7 Å². The van der Waals surface area contributed by atoms with Gasteiger partial charge in [0, 0.05) is 18.5 Å². The Morgan fingerprint density at radius 2 is 1.95 bits per heavy atom. The number of nitrogens with zero attached hydrogens (tertiary/aromatic N) is 2. The Hall–Kier alpha value is -3.32. The third-order valence-electron chi connectivity index (χ3n) is 6.33. The molecule has 0 amide bonds. The van der Waals surface area contributed by atoms with Crippen molar-refractivity contribution in [1.82, 2.24) is 4.98 Å². The van der Waals surface area contributed by atoms with Gasteiger partial charge >= 0.3 is 5.97 Å². The monoisotopic (exact) mass is 552 g/mol. The van der Waals surface area contributed by atoms with Crippen LogP contribution in [0, 0.1) is 5.82 Å². The van der Waals surface area contributed by atoms with Crippen LogP contribution in [-0.4, -0.2) is 62.5 Å². The molecular formula is C24H25FN2O8S2. The summed E-state index contributed by atoms with van der Waals surface area (Å²) in [5, 5.41) is 8.89. The summed E-state index contributed by atoms with van der Waals surface area (Å²) in [7, 11) is -7.44. The number of fused-ring (bicyclic) bond motifs is 1. The lowest BCUT2D eigenvalue weighted by molar-refractivity contribution is -0.117. The molecule has 1 aliphatic heterocycles. The van der Waals surface area contributed by atoms with Gasteiger partial charge in [-0.05, 0) is 55.2 Å². The number of hydrogen-bond donors (Lipinski definition) is 1. The number of ketones is 1. The van der Waals surface area contributed by atoms with Crippen molar-refractivity contribution >= 4 is 48.5 Å². The molecule has 1 fully saturated rings. The normalized spacial score (nSPS) is 17.4. The quantitative estimate of drug-likeness (QED) is 0.422. The van der Waals surface area contributed by atoms with E-state index in [0.29, 0.717) is 17.5 Å². The summed E-state index contributed by atoms with van der Waals surface area (Å²) in [6.45, 7) is 1.61. The predicted molar refractivity (Wildman–Crippen MR) is 134 cm³/mol. The number of sulfonamides is 1. The minimum atomic E-state index is -3.90. The van der Waals surface area contributed by atoms with E-state index in [-0.39, 0.29) is 65.6 Å². The lowest BCUT2D eigenvalue weighted by Crippen LogP contribution is -2.33. The van der Waals surface area contributed by atoms with Crippen LogP contribution < -0.4 is 4.31 Å². The van der Waals surface area contributed by atoms with Crippen LogP contribution in [0.5, 0.6) is 0 Å². The highest BCUT2D eigenvalue weighted by Crippen LogP contribution is 2.36. The molecule has 0 saturated carbocycles. The van der Waals surface area contributed by atoms with Crippen LogP contribution in [-0.2, 0) is 31.1 Å². The molecule has 198 valence electrons. The van der Waals surface area contributed by atoms with E-state index in [1.807, 2.05) is 0 Å². The maximum absolute atomic E-state index is 13.4. The number of carboxylic acid groups (broad SMARTS) is 1. The van der Waals surface area contributed by atoms with Crippen LogP contribution in [0.3, 0.4) is 0 Å². The minimum Gasteiger partial charge on any atom is -0.478 e. The van der Waals surface area contributed by atoms with Gasteiger partial charge in [-0.3, -0.25) is 9.10 Å². The summed E-state index contributed by atoms with van der Waals surface area (Å²) in [5.41, 5.74) is 0.424. The van der Waals surface area contributed by atoms with Gasteiger partial charge in [0.05, 0.1) is 17.4 Å². The molecule has 1 unspecified atom stereocenters. The van der Waals surface area contributed by atoms with Crippen LogP contribution in [0.2, 0.25) is 0 Å². The van der Waals surface area contributed by atoms with Crippen LogP contribution in [0.1, 0.15) is 42.1 Å². The zero-order valence-corrected chi connectivity index (χ0v) is 21.7. The fraction of sp³-hybridized carbons (Fsp3) is 0.375. The predicted octanol–water partition coefficient (Wildman–Crippen LogP) is 3.20. The van der Waals surface area contributed by atoms with Gasteiger partial charge in [0.25, 0.3) is 0 Å². The average Bonchev–Trinajstić information content (AvgIpc) is 3.31. The lowest BCUT2D eigenvalue weighted by atomic mass is 10.0. The van der Waals surface area contributed by atoms with Crippen molar-refractivity contribution in [2.45, 2.75) is 37.9 Å². The number of anilines is 1. The Kier molecular flexibility index (Phi) is 7.12. The van der Waals surface area contributed by atoms with Gasteiger partial charge in [-0.25, -0.2) is 26.0 Å². The van der Waals surface area contributed by atoms with E-state index in [1.165, 1.54) is 18.2 Å². The molecule has 1 N–H and O–H groups in total. The van der Waals surface area contributed by atoms with Crippen molar-refractivity contribution in [2.75, 3.05) is 22.9 Å². The second-order valence-corrected chi connectivity index (χ2v) is 13.1. The number of aryl methyl sites for hydroxylation is 1. The number of aromatic carboxylic acids is 1. The van der Waals surface area contributed by atoms with Gasteiger partial charge in [0.2, 0.25) is 15.7 Å². The fourth-order valence-electron chi connectivity index (χ4n) is 4.48. The van der Waals surface area contributed by atoms with Crippen molar-refractivity contribution in [1.29, 1.82) is 0 Å². The van der Waals surface area contributed by atoms with Gasteiger partial charge in [0.15, 0.2) is 21.4 Å². The number of benzene rings is 1. The second kappa shape index (κ2) is 9.86. The lowest BCUT2D eigenvalue weighted by Gasteiger charge is -2.24. The van der Waals surface area contributed by atoms with Crippen LogP contribution >= 0.6 is 0 Å². The number of carbonyl (C=O) groups excluding carboxylic acids is 1. The second-order valence-electron chi connectivity index (χ2n) is 8.84. The number of aromatic nitrogens is 1. The largest absolute Gasteiger partial charge is 0.478 e. The first-order chi connectivity index (χ1) is 17.3. The molecule has 2 aromatic heterocycles. The zero-order valence-electron chi connectivity index (χ0n) is 20.1. The number of Topliss-reactive ketones (excluding diaryl/α,β-unsaturated/α-hetero) is 1. The van der Waals surface area contributed by atoms with Gasteiger partial charge in [-0.1, -0.05) is 6.92 Å². The molecular weight excluding hydrogens is 527 g/mol. The van der Waals surface area contributed by atoms with Crippen molar-refractivity contribution < 1.29 is 40.3 Å². The summed E-state index contributed by atoms with van der Waals surface area (Å²) in [4.78, 5) is 28.5. The fourth-order valence-corrected chi connectivity index (χ4v) is 7.23. The molecule has 37 heavy (non-hydrogen) atoms. The number of hydrogen-bond acceptors (Lipinski definition) is 8. The van der Waals surface area contributed by atoms with Gasteiger partial charge in [-0.15, -0.1) is 0 Å². The van der Waals surface area contributed by atoms with E-state index in [4.69, 9.17) is 4.42 Å². The highest BCUT2D eigenvalue weighted by Gasteiger charge is 2.38. The van der Waals surface area contributed by atoms with Crippen LogP contribution in [0.15, 0.2) is 34.7 Å². The molecule has 1 aromatic carbocycles. The molecule has 0 aliphatic carbocycles. The van der Waals surface area contributed by atoms with Crippen LogP contribution in [0.4, 0.5) is 10.2 Å². The van der Waals surface area contributed by atoms with Gasteiger partial charge in [0.1, 0.15) is 22.4 Å². The maximum Gasteiger partial charge on any atom is 0.340 e. The Morgan fingerprint density at radius 3 is 2.49 bits per heavy atom. The minimum absolute atomic E-state index is 0.0183. The van der Waals surface area contributed by atoms with E-state index < -0.39 is 36.9 Å². The number of halogens is 1. The Balaban J connectivity index is 1.76. The first-order valence-electron chi connectivity index (χ1n) is 11.5. The summed E-state index contributed by atoms with van der Waals surface area (Å²) in [6.07, 6.45) is 1.31. The number of carbonyl (C=O) groups is 2. The molecule has 10 nitrogen and oxygen atoms in total. The summed E-state index contributed by atoms with van der Waals surface area (Å²) in [6, 6.07) is 6.54. The Labute approximate surface area is 213 Å². The summed E-state index contributed by atoms with van der Waals surface area (Å²) < 4.78 is 69.9. The summed E-state index contributed by atoms with van der Waals surface area (Å²) >= 11 is 0. The molecule has 1 aliphatic rings. The van der Waals surface area contributed by atoms with Gasteiger partial charge in [-0.2, -0.15) is 4.98 Å². The van der Waals surface area contributed by atoms with Gasteiger partial charge < -0.3 is 9.52 Å². The zero-order chi connectivity index (χ0) is 27.1. The van der Waals surface area contributed by atoms with Crippen molar-refractivity contribution in [2.24, 2.45) is 0 Å². The van der Waals surface area contributed by atoms with Crippen molar-refractivity contribution in [3.05, 3.63) is 47.3 Å². The molecule has 0 spiro atoms. The Bertz CT molecular complexity index is 1600. The number of rotatable bonds is 9. The molecule has 0 radical (unpaired) electrons. The third-order valence-corrected chi connectivity index (χ3v) is 9.62. The van der Waals surface area contributed by atoms with E-state index in [9.17, 15) is 35.9 Å². The number of pyridine rings is 1. The third kappa shape index (κ3) is 5.23. The first-order valence-corrected chi connectivity index (χ1v) is 15.1. The molecule has 1 saturated heterocycles. The molecule has 1 atom stereocenters. The number of sulfone groups is 1. The number of furan rings is 1. The smallest absolute Gasteiger partial charge is 0.340 e. The molecule has 13 heteroatoms. The molecule has 3 heterocycles. The van der Waals surface area contributed by atoms with E-state index in [1.54, 1.807) is 6.92 Å². The van der Waals surface area contributed by atoms with E-state index >= 15 is 0 Å². The molecule has 0 bridgehead atoms. The SMILES string of the molecule is CCc1cc2c(C(=O)O)c(-c3ccc(F)cc3)oc2nc1N(CCCC1C(=O)CCS1(=O)=O)S(C)(=O)=O. The van der Waals surface area contributed by atoms with Crippen molar-refractivity contribution in [3.8, 4) is 11.3 Å². The van der Waals surface area contributed by atoms with Crippen LogP contribution in [0.25, 0.3) is 22.4 Å². The maximum atomic E-state index is 13.4. The highest BCUT2D eigenvalue weighted by molar-refractivity contribution is 7.93. The molecule has 3 aromatic rings. The average molecular weight is 553 g/mol. The summed E-state index contributed by atoms with van der Waals surface area (Å²) in [5.74, 6) is -2.41. The first kappa shape index (κ1) is 26.7. The standard InChI is InChI=1S/C24H25FN2O8S2/c1-3-14-13-17-20(24(29)30)21(15-6-8-16(25)9-7-15)35-23(17)26-22(14)27(36(2,31)32)11-4-5-19-18(28)10-12-37(19,33)34/h6-9,13,19H,3-5,10-12H2,1-2H3,(H,29,30). The highest BCUT2D eigenvalue weighted by atomic mass is 32.2.